The monoisotopic (exact) mass is 283 g/mol. The number of carbonyl (C=O) groups excluding carboxylic acids is 1. The highest BCUT2D eigenvalue weighted by atomic mass is 16.2. The van der Waals surface area contributed by atoms with E-state index in [0.29, 0.717) is 6.67 Å². The van der Waals surface area contributed by atoms with E-state index in [2.05, 4.69) is 33.2 Å². The first kappa shape index (κ1) is 14.0. The topological polar surface area (TPSA) is 35.6 Å². The Hall–Kier alpha value is -1.99. The summed E-state index contributed by atoms with van der Waals surface area (Å²) in [6, 6.07) is 10.3. The van der Waals surface area contributed by atoms with Crippen molar-refractivity contribution in [2.75, 3.05) is 24.7 Å². The number of nitrogens with zero attached hydrogens (tertiary/aromatic N) is 2. The molecule has 2 aliphatic heterocycles. The first-order valence-electron chi connectivity index (χ1n) is 7.48. The number of piperidine rings is 1. The van der Waals surface area contributed by atoms with Crippen LogP contribution >= 0.6 is 0 Å². The van der Waals surface area contributed by atoms with Crippen LogP contribution in [0.15, 0.2) is 30.3 Å². The average molecular weight is 283 g/mol. The third-order valence-corrected chi connectivity index (χ3v) is 4.82. The largest absolute Gasteiger partial charge is 0.339 e. The van der Waals surface area contributed by atoms with Crippen LogP contribution in [0.1, 0.15) is 19.8 Å². The number of benzene rings is 1. The Morgan fingerprint density at radius 2 is 1.95 bits per heavy atom. The van der Waals surface area contributed by atoms with Crippen LogP contribution in [0.4, 0.5) is 5.69 Å². The van der Waals surface area contributed by atoms with Gasteiger partial charge < -0.3 is 10.2 Å². The van der Waals surface area contributed by atoms with Crippen molar-refractivity contribution in [2.45, 2.75) is 31.3 Å². The van der Waals surface area contributed by atoms with Gasteiger partial charge in [0.05, 0.1) is 12.7 Å². The van der Waals surface area contributed by atoms with Gasteiger partial charge in [-0.2, -0.15) is 0 Å². The Balaban J connectivity index is 1.83. The van der Waals surface area contributed by atoms with Crippen LogP contribution in [-0.2, 0) is 4.79 Å². The molecule has 2 saturated heterocycles. The molecule has 0 aromatic heterocycles. The number of rotatable bonds is 2. The molecule has 21 heavy (non-hydrogen) atoms. The summed E-state index contributed by atoms with van der Waals surface area (Å²) >= 11 is 0. The normalized spacial score (nSPS) is 22.9. The van der Waals surface area contributed by atoms with Gasteiger partial charge in [0, 0.05) is 18.8 Å². The molecule has 0 radical (unpaired) electrons. The standard InChI is InChI=1S/C17H21N3O/c1-3-14(2)19-11-9-17(10-12-19)16(21)18-13-20(17)15-7-5-4-6-8-15/h1,4-8,14H,9-13H2,2H3,(H,18,21). The SMILES string of the molecule is C#CC(C)N1CCC2(CC1)C(=O)NCN2c1ccccc1. The van der Waals surface area contributed by atoms with E-state index >= 15 is 0 Å². The van der Waals surface area contributed by atoms with E-state index in [-0.39, 0.29) is 11.9 Å². The smallest absolute Gasteiger partial charge is 0.247 e. The summed E-state index contributed by atoms with van der Waals surface area (Å²) < 4.78 is 0. The van der Waals surface area contributed by atoms with Crippen molar-refractivity contribution >= 4 is 11.6 Å². The second-order valence-electron chi connectivity index (χ2n) is 5.84. The molecule has 0 aliphatic carbocycles. The van der Waals surface area contributed by atoms with Gasteiger partial charge >= 0.3 is 0 Å². The molecule has 1 amide bonds. The maximum absolute atomic E-state index is 12.5. The van der Waals surface area contributed by atoms with Crippen LogP contribution in [0.3, 0.4) is 0 Å². The number of hydrogen-bond acceptors (Lipinski definition) is 3. The van der Waals surface area contributed by atoms with Crippen molar-refractivity contribution < 1.29 is 4.79 Å². The Morgan fingerprint density at radius 1 is 1.29 bits per heavy atom. The Bertz CT molecular complexity index is 555. The quantitative estimate of drug-likeness (QED) is 0.834. The molecule has 1 atom stereocenters. The van der Waals surface area contributed by atoms with Crippen LogP contribution in [0.2, 0.25) is 0 Å². The van der Waals surface area contributed by atoms with Crippen molar-refractivity contribution in [3.63, 3.8) is 0 Å². The van der Waals surface area contributed by atoms with E-state index in [9.17, 15) is 4.79 Å². The lowest BCUT2D eigenvalue weighted by molar-refractivity contribution is -0.125. The lowest BCUT2D eigenvalue weighted by Gasteiger charge is -2.44. The predicted octanol–water partition coefficient (Wildman–Crippen LogP) is 1.44. The van der Waals surface area contributed by atoms with Crippen molar-refractivity contribution in [1.29, 1.82) is 0 Å². The minimum absolute atomic E-state index is 0.136. The van der Waals surface area contributed by atoms with E-state index < -0.39 is 5.54 Å². The molecule has 110 valence electrons. The Kier molecular flexibility index (Phi) is 3.60. The molecule has 1 spiro atoms. The number of hydrogen-bond donors (Lipinski definition) is 1. The first-order valence-corrected chi connectivity index (χ1v) is 7.48. The van der Waals surface area contributed by atoms with E-state index in [1.807, 2.05) is 25.1 Å². The van der Waals surface area contributed by atoms with Gasteiger partial charge in [-0.25, -0.2) is 0 Å². The molecule has 1 aromatic carbocycles. The predicted molar refractivity (Wildman–Crippen MR) is 83.8 cm³/mol. The molecule has 2 fully saturated rings. The zero-order valence-corrected chi connectivity index (χ0v) is 12.4. The van der Waals surface area contributed by atoms with Gasteiger partial charge in [0.15, 0.2) is 0 Å². The third kappa shape index (κ3) is 2.28. The highest BCUT2D eigenvalue weighted by Gasteiger charge is 2.50. The molecule has 4 heteroatoms. The fraction of sp³-hybridized carbons (Fsp3) is 0.471. The maximum atomic E-state index is 12.5. The average Bonchev–Trinajstić information content (AvgIpc) is 2.85. The molecule has 3 rings (SSSR count). The number of likely N-dealkylation sites (tertiary alicyclic amines) is 1. The summed E-state index contributed by atoms with van der Waals surface area (Å²) in [6.07, 6.45) is 7.15. The fourth-order valence-corrected chi connectivity index (χ4v) is 3.42. The molecule has 1 aromatic rings. The lowest BCUT2D eigenvalue weighted by Crippen LogP contribution is -2.57. The fourth-order valence-electron chi connectivity index (χ4n) is 3.42. The maximum Gasteiger partial charge on any atom is 0.247 e. The van der Waals surface area contributed by atoms with Gasteiger partial charge in [-0.05, 0) is 31.9 Å². The zero-order valence-electron chi connectivity index (χ0n) is 12.4. The number of amides is 1. The van der Waals surface area contributed by atoms with Gasteiger partial charge in [-0.1, -0.05) is 24.1 Å². The van der Waals surface area contributed by atoms with Gasteiger partial charge in [0.2, 0.25) is 5.91 Å². The lowest BCUT2D eigenvalue weighted by atomic mass is 9.85. The Labute approximate surface area is 126 Å². The second kappa shape index (κ2) is 5.42. The minimum atomic E-state index is -0.411. The summed E-state index contributed by atoms with van der Waals surface area (Å²) in [4.78, 5) is 17.0. The highest BCUT2D eigenvalue weighted by Crippen LogP contribution is 2.36. The van der Waals surface area contributed by atoms with Crippen LogP contribution < -0.4 is 10.2 Å². The Morgan fingerprint density at radius 3 is 2.57 bits per heavy atom. The highest BCUT2D eigenvalue weighted by molar-refractivity contribution is 5.93. The molecule has 0 bridgehead atoms. The molecule has 2 heterocycles. The van der Waals surface area contributed by atoms with E-state index in [1.165, 1.54) is 0 Å². The summed E-state index contributed by atoms with van der Waals surface area (Å²) in [7, 11) is 0. The number of nitrogens with one attached hydrogen (secondary N) is 1. The number of anilines is 1. The van der Waals surface area contributed by atoms with Crippen molar-refractivity contribution in [3.8, 4) is 12.3 Å². The number of terminal acetylenes is 1. The third-order valence-electron chi connectivity index (χ3n) is 4.82. The van der Waals surface area contributed by atoms with Gasteiger partial charge in [0.1, 0.15) is 5.54 Å². The van der Waals surface area contributed by atoms with Crippen LogP contribution in [0.25, 0.3) is 0 Å². The molecular weight excluding hydrogens is 262 g/mol. The minimum Gasteiger partial charge on any atom is -0.339 e. The van der Waals surface area contributed by atoms with Gasteiger partial charge in [-0.3, -0.25) is 9.69 Å². The summed E-state index contributed by atoms with van der Waals surface area (Å²) in [5.41, 5.74) is 0.695. The van der Waals surface area contributed by atoms with E-state index in [4.69, 9.17) is 6.42 Å². The van der Waals surface area contributed by atoms with Gasteiger partial charge in [-0.15, -0.1) is 6.42 Å². The van der Waals surface area contributed by atoms with Crippen molar-refractivity contribution in [1.82, 2.24) is 10.2 Å². The number of para-hydroxylation sites is 1. The second-order valence-corrected chi connectivity index (χ2v) is 5.84. The van der Waals surface area contributed by atoms with Crippen LogP contribution in [0.5, 0.6) is 0 Å². The van der Waals surface area contributed by atoms with Crippen LogP contribution in [-0.4, -0.2) is 42.1 Å². The molecule has 1 N–H and O–H groups in total. The summed E-state index contributed by atoms with van der Waals surface area (Å²) in [6.45, 7) is 4.36. The van der Waals surface area contributed by atoms with Crippen molar-refractivity contribution in [3.05, 3.63) is 30.3 Å². The molecular formula is C17H21N3O. The molecule has 2 aliphatic rings. The molecule has 4 nitrogen and oxygen atoms in total. The number of carbonyl (C=O) groups is 1. The van der Waals surface area contributed by atoms with Crippen molar-refractivity contribution in [2.24, 2.45) is 0 Å². The molecule has 0 saturated carbocycles. The van der Waals surface area contributed by atoms with Gasteiger partial charge in [0.25, 0.3) is 0 Å². The molecule has 1 unspecified atom stereocenters. The van der Waals surface area contributed by atoms with E-state index in [1.54, 1.807) is 0 Å². The van der Waals surface area contributed by atoms with E-state index in [0.717, 1.165) is 31.6 Å². The van der Waals surface area contributed by atoms with Crippen LogP contribution in [0, 0.1) is 12.3 Å². The summed E-state index contributed by atoms with van der Waals surface area (Å²) in [5.74, 6) is 2.93. The zero-order chi connectivity index (χ0) is 14.9. The first-order chi connectivity index (χ1) is 10.2. The summed E-state index contributed by atoms with van der Waals surface area (Å²) in [5, 5.41) is 3.01.